The van der Waals surface area contributed by atoms with Crippen LogP contribution in [0.3, 0.4) is 0 Å². The lowest BCUT2D eigenvalue weighted by molar-refractivity contribution is -0.125. The van der Waals surface area contributed by atoms with Crippen LogP contribution in [0.5, 0.6) is 11.6 Å². The fraction of sp³-hybridized carbons (Fsp3) is 0.259. The molecule has 1 saturated heterocycles. The number of hydrogen-bond donors (Lipinski definition) is 2. The van der Waals surface area contributed by atoms with Gasteiger partial charge < -0.3 is 16.2 Å². The molecule has 2 amide bonds. The van der Waals surface area contributed by atoms with E-state index in [-0.39, 0.29) is 29.0 Å². The van der Waals surface area contributed by atoms with Crippen molar-refractivity contribution in [3.05, 3.63) is 78.3 Å². The molecule has 1 aliphatic heterocycles. The first-order chi connectivity index (χ1) is 18.8. The van der Waals surface area contributed by atoms with Gasteiger partial charge in [0.2, 0.25) is 17.7 Å². The van der Waals surface area contributed by atoms with Gasteiger partial charge in [-0.3, -0.25) is 19.4 Å². The number of benzene rings is 2. The molecule has 3 heterocycles. The molecule has 12 heteroatoms. The fourth-order valence-electron chi connectivity index (χ4n) is 4.61. The number of rotatable bonds is 8. The summed E-state index contributed by atoms with van der Waals surface area (Å²) in [5.41, 5.74) is 13.1. The molecular weight excluding hydrogens is 508 g/mol. The lowest BCUT2D eigenvalue weighted by atomic mass is 10.1. The van der Waals surface area contributed by atoms with Gasteiger partial charge in [0.25, 0.3) is 0 Å². The van der Waals surface area contributed by atoms with Gasteiger partial charge in [0.05, 0.1) is 5.69 Å². The van der Waals surface area contributed by atoms with Crippen LogP contribution in [0, 0.1) is 11.6 Å². The first-order valence-electron chi connectivity index (χ1n) is 12.4. The van der Waals surface area contributed by atoms with E-state index in [9.17, 15) is 14.0 Å². The summed E-state index contributed by atoms with van der Waals surface area (Å²) in [5, 5.41) is 4.24. The van der Waals surface area contributed by atoms with Gasteiger partial charge in [-0.2, -0.15) is 10.1 Å². The topological polar surface area (TPSA) is 132 Å². The molecule has 4 N–H and O–H groups in total. The average molecular weight is 536 g/mol. The summed E-state index contributed by atoms with van der Waals surface area (Å²) in [6, 6.07) is 11.0. The largest absolute Gasteiger partial charge is 0.434 e. The van der Waals surface area contributed by atoms with E-state index in [1.54, 1.807) is 10.7 Å². The van der Waals surface area contributed by atoms with Gasteiger partial charge in [-0.25, -0.2) is 13.3 Å². The molecule has 5 rings (SSSR count). The molecule has 2 aromatic carbocycles. The molecule has 0 saturated carbocycles. The second-order valence-corrected chi connectivity index (χ2v) is 9.38. The second-order valence-electron chi connectivity index (χ2n) is 9.38. The van der Waals surface area contributed by atoms with E-state index in [4.69, 9.17) is 16.2 Å². The summed E-state index contributed by atoms with van der Waals surface area (Å²) >= 11 is 0. The number of piperidine rings is 1. The molecular formula is C27H27F2N7O3. The van der Waals surface area contributed by atoms with E-state index in [0.717, 1.165) is 54.6 Å². The van der Waals surface area contributed by atoms with Crippen LogP contribution in [0.15, 0.2) is 61.1 Å². The first-order valence-corrected chi connectivity index (χ1v) is 12.4. The van der Waals surface area contributed by atoms with Crippen molar-refractivity contribution in [3.63, 3.8) is 0 Å². The van der Waals surface area contributed by atoms with Crippen molar-refractivity contribution in [1.29, 1.82) is 0 Å². The summed E-state index contributed by atoms with van der Waals surface area (Å²) in [7, 11) is 0. The number of primary amides is 1. The number of nitrogens with zero attached hydrogens (tertiary/aromatic N) is 5. The summed E-state index contributed by atoms with van der Waals surface area (Å²) in [5.74, 6) is -2.79. The van der Waals surface area contributed by atoms with E-state index in [1.807, 2.05) is 6.07 Å². The number of carbonyl (C=O) groups is 2. The van der Waals surface area contributed by atoms with Crippen LogP contribution in [0.1, 0.15) is 24.8 Å². The maximum absolute atomic E-state index is 15.4. The fourth-order valence-corrected chi connectivity index (χ4v) is 4.61. The Hall–Kier alpha value is -4.42. The van der Waals surface area contributed by atoms with Crippen LogP contribution < -0.4 is 21.1 Å². The predicted octanol–water partition coefficient (Wildman–Crippen LogP) is 3.26. The van der Waals surface area contributed by atoms with Crippen LogP contribution in [0.4, 0.5) is 20.2 Å². The highest BCUT2D eigenvalue weighted by Crippen LogP contribution is 2.34. The summed E-state index contributed by atoms with van der Waals surface area (Å²) < 4.78 is 36.3. The number of likely N-dealkylation sites (tertiary alicyclic amines) is 1. The Morgan fingerprint density at radius 3 is 2.46 bits per heavy atom. The number of carbonyl (C=O) groups excluding carboxylic acids is 2. The number of hydrogen-bond acceptors (Lipinski definition) is 7. The number of fused-ring (bicyclic) bond motifs is 1. The Kier molecular flexibility index (Phi) is 7.48. The van der Waals surface area contributed by atoms with Crippen molar-refractivity contribution < 1.29 is 23.1 Å². The third kappa shape index (κ3) is 5.86. The van der Waals surface area contributed by atoms with E-state index < -0.39 is 29.9 Å². The zero-order valence-electron chi connectivity index (χ0n) is 21.0. The maximum atomic E-state index is 15.4. The van der Waals surface area contributed by atoms with Gasteiger partial charge >= 0.3 is 0 Å². The number of nitrogens with two attached hydrogens (primary N) is 2. The molecule has 0 atom stereocenters. The lowest BCUT2D eigenvalue weighted by Gasteiger charge is -2.29. The summed E-state index contributed by atoms with van der Waals surface area (Å²) in [4.78, 5) is 31.8. The molecule has 1 aliphatic rings. The smallest absolute Gasteiger partial charge is 0.247 e. The maximum Gasteiger partial charge on any atom is 0.247 e. The molecule has 0 spiro atoms. The van der Waals surface area contributed by atoms with Gasteiger partial charge in [0.1, 0.15) is 24.1 Å². The Labute approximate surface area is 222 Å². The third-order valence-corrected chi connectivity index (χ3v) is 6.57. The van der Waals surface area contributed by atoms with Gasteiger partial charge in [-0.15, -0.1) is 0 Å². The highest BCUT2D eigenvalue weighted by atomic mass is 19.1. The second kappa shape index (κ2) is 11.1. The molecule has 1 fully saturated rings. The monoisotopic (exact) mass is 535 g/mol. The summed E-state index contributed by atoms with van der Waals surface area (Å²) in [6.07, 6.45) is 4.33. The van der Waals surface area contributed by atoms with Gasteiger partial charge in [0, 0.05) is 30.5 Å². The Morgan fingerprint density at radius 2 is 1.77 bits per heavy atom. The zero-order chi connectivity index (χ0) is 27.5. The Morgan fingerprint density at radius 1 is 1.05 bits per heavy atom. The number of amides is 2. The van der Waals surface area contributed by atoms with Crippen molar-refractivity contribution in [2.75, 3.05) is 18.0 Å². The van der Waals surface area contributed by atoms with Crippen molar-refractivity contribution >= 4 is 28.7 Å². The van der Waals surface area contributed by atoms with Crippen LogP contribution in [0.2, 0.25) is 0 Å². The predicted molar refractivity (Wildman–Crippen MR) is 139 cm³/mol. The van der Waals surface area contributed by atoms with Crippen LogP contribution >= 0.6 is 0 Å². The standard InChI is InChI=1S/C27H27F2N7O3/c28-18-1-3-20(4-2-18)36(25(38)14-24(31)37)21-5-6-23(22(29)13-21)39-27-26-17(7-12-35(26)33-16-32-27)15-34-10-8-19(30)9-11-34/h1-7,12-13,16,19H,8-11,14-15,30H2,(H2,31,37). The van der Waals surface area contributed by atoms with Crippen molar-refractivity contribution in [2.24, 2.45) is 11.5 Å². The normalized spacial score (nSPS) is 14.4. The molecule has 202 valence electrons. The van der Waals surface area contributed by atoms with Gasteiger partial charge in [-0.1, -0.05) is 0 Å². The Balaban J connectivity index is 1.43. The SMILES string of the molecule is NC(=O)CC(=O)N(c1ccc(F)cc1)c1ccc(Oc2ncnn3ccc(CN4CCC(N)CC4)c23)c(F)c1. The van der Waals surface area contributed by atoms with E-state index in [1.165, 1.54) is 30.6 Å². The third-order valence-electron chi connectivity index (χ3n) is 6.57. The highest BCUT2D eigenvalue weighted by Gasteiger charge is 2.23. The van der Waals surface area contributed by atoms with Crippen LogP contribution in [-0.4, -0.2) is 50.4 Å². The van der Waals surface area contributed by atoms with Crippen LogP contribution in [-0.2, 0) is 16.1 Å². The quantitative estimate of drug-likeness (QED) is 0.331. The molecule has 0 aliphatic carbocycles. The van der Waals surface area contributed by atoms with Crippen molar-refractivity contribution in [2.45, 2.75) is 31.8 Å². The minimum atomic E-state index is -0.851. The zero-order valence-corrected chi connectivity index (χ0v) is 21.0. The molecule has 0 unspecified atom stereocenters. The lowest BCUT2D eigenvalue weighted by Crippen LogP contribution is -2.39. The number of aromatic nitrogens is 3. The molecule has 10 nitrogen and oxygen atoms in total. The van der Waals surface area contributed by atoms with E-state index >= 15 is 4.39 Å². The minimum absolute atomic E-state index is 0.109. The molecule has 0 radical (unpaired) electrons. The molecule has 39 heavy (non-hydrogen) atoms. The minimum Gasteiger partial charge on any atom is -0.434 e. The number of anilines is 2. The van der Waals surface area contributed by atoms with Crippen molar-refractivity contribution in [3.8, 4) is 11.6 Å². The molecule has 0 bridgehead atoms. The van der Waals surface area contributed by atoms with Crippen LogP contribution in [0.25, 0.3) is 5.52 Å². The van der Waals surface area contributed by atoms with E-state index in [0.29, 0.717) is 12.1 Å². The van der Waals surface area contributed by atoms with Crippen molar-refractivity contribution in [1.82, 2.24) is 19.5 Å². The van der Waals surface area contributed by atoms with E-state index in [2.05, 4.69) is 15.0 Å². The summed E-state index contributed by atoms with van der Waals surface area (Å²) in [6.45, 7) is 2.39. The Bertz CT molecular complexity index is 1500. The van der Waals surface area contributed by atoms with Gasteiger partial charge in [-0.05, 0) is 74.0 Å². The molecule has 4 aromatic rings. The molecule has 2 aromatic heterocycles. The number of halogens is 2. The highest BCUT2D eigenvalue weighted by molar-refractivity contribution is 6.08. The number of ether oxygens (including phenoxy) is 1. The first kappa shape index (κ1) is 26.2. The average Bonchev–Trinajstić information content (AvgIpc) is 3.31. The van der Waals surface area contributed by atoms with Gasteiger partial charge in [0.15, 0.2) is 11.6 Å².